The van der Waals surface area contributed by atoms with Crippen LogP contribution in [0.1, 0.15) is 32.1 Å². The number of hydrogen-bond donors (Lipinski definition) is 0. The second-order valence-corrected chi connectivity index (χ2v) is 7.23. The maximum Gasteiger partial charge on any atom is 0.223 e. The molecule has 0 saturated carbocycles. The zero-order valence-corrected chi connectivity index (χ0v) is 13.1. The van der Waals surface area contributed by atoms with Gasteiger partial charge in [0.25, 0.3) is 0 Å². The molecule has 0 aromatic rings. The van der Waals surface area contributed by atoms with E-state index in [1.807, 2.05) is 0 Å². The van der Waals surface area contributed by atoms with E-state index < -0.39 is 0 Å². The van der Waals surface area contributed by atoms with Crippen molar-refractivity contribution in [1.29, 1.82) is 0 Å². The summed E-state index contributed by atoms with van der Waals surface area (Å²) in [6.45, 7) is 5.59. The molecule has 0 bridgehead atoms. The number of piperidine rings is 2. The van der Waals surface area contributed by atoms with Crippen LogP contribution in [-0.2, 0) is 4.79 Å². The fourth-order valence-electron chi connectivity index (χ4n) is 4.33. The van der Waals surface area contributed by atoms with E-state index in [0.29, 0.717) is 17.9 Å². The molecule has 20 heavy (non-hydrogen) atoms. The van der Waals surface area contributed by atoms with Crippen molar-refractivity contribution in [2.24, 2.45) is 11.8 Å². The molecule has 3 aliphatic heterocycles. The minimum Gasteiger partial charge on any atom is -0.338 e. The SMILES string of the molecule is CN1CCC(CC(=O)N2CCC[C@H]3CN(C)C[C@H]32)CC1. The van der Waals surface area contributed by atoms with Crippen LogP contribution in [0.2, 0.25) is 0 Å². The lowest BCUT2D eigenvalue weighted by molar-refractivity contribution is -0.136. The van der Waals surface area contributed by atoms with Gasteiger partial charge in [-0.05, 0) is 64.7 Å². The average Bonchev–Trinajstić information content (AvgIpc) is 2.81. The second kappa shape index (κ2) is 6.02. The molecule has 0 spiro atoms. The van der Waals surface area contributed by atoms with E-state index in [1.165, 1.54) is 32.2 Å². The van der Waals surface area contributed by atoms with E-state index in [9.17, 15) is 4.79 Å². The number of rotatable bonds is 2. The van der Waals surface area contributed by atoms with Gasteiger partial charge in [0, 0.05) is 32.1 Å². The third-order valence-electron chi connectivity index (χ3n) is 5.59. The number of likely N-dealkylation sites (tertiary alicyclic amines) is 3. The highest BCUT2D eigenvalue weighted by molar-refractivity contribution is 5.77. The summed E-state index contributed by atoms with van der Waals surface area (Å²) in [6.07, 6.45) is 5.70. The molecular weight excluding hydrogens is 250 g/mol. The second-order valence-electron chi connectivity index (χ2n) is 7.23. The molecule has 0 radical (unpaired) electrons. The predicted octanol–water partition coefficient (Wildman–Crippen LogP) is 1.27. The van der Waals surface area contributed by atoms with Gasteiger partial charge in [-0.2, -0.15) is 0 Å². The van der Waals surface area contributed by atoms with Crippen LogP contribution >= 0.6 is 0 Å². The van der Waals surface area contributed by atoms with Crippen LogP contribution in [0.15, 0.2) is 0 Å². The lowest BCUT2D eigenvalue weighted by atomic mass is 9.89. The molecule has 0 aromatic carbocycles. The molecule has 0 N–H and O–H groups in total. The molecule has 2 atom stereocenters. The summed E-state index contributed by atoms with van der Waals surface area (Å²) in [5, 5.41) is 0. The lowest BCUT2D eigenvalue weighted by Gasteiger charge is -2.38. The van der Waals surface area contributed by atoms with Gasteiger partial charge in [-0.25, -0.2) is 0 Å². The van der Waals surface area contributed by atoms with Crippen molar-refractivity contribution in [2.75, 3.05) is 46.8 Å². The van der Waals surface area contributed by atoms with Crippen molar-refractivity contribution in [1.82, 2.24) is 14.7 Å². The molecule has 4 heteroatoms. The Bertz CT molecular complexity index is 352. The van der Waals surface area contributed by atoms with Crippen LogP contribution < -0.4 is 0 Å². The van der Waals surface area contributed by atoms with E-state index in [0.717, 1.165) is 38.5 Å². The molecule has 1 amide bonds. The first-order valence-electron chi connectivity index (χ1n) is 8.30. The highest BCUT2D eigenvalue weighted by Crippen LogP contribution is 2.31. The highest BCUT2D eigenvalue weighted by Gasteiger charge is 2.39. The maximum absolute atomic E-state index is 12.7. The molecule has 3 fully saturated rings. The van der Waals surface area contributed by atoms with Crippen LogP contribution in [0, 0.1) is 11.8 Å². The number of amides is 1. The van der Waals surface area contributed by atoms with E-state index >= 15 is 0 Å². The zero-order chi connectivity index (χ0) is 14.1. The zero-order valence-electron chi connectivity index (χ0n) is 13.1. The average molecular weight is 279 g/mol. The van der Waals surface area contributed by atoms with Crippen LogP contribution in [0.3, 0.4) is 0 Å². The monoisotopic (exact) mass is 279 g/mol. The lowest BCUT2D eigenvalue weighted by Crippen LogP contribution is -2.49. The number of likely N-dealkylation sites (N-methyl/N-ethyl adjacent to an activating group) is 1. The van der Waals surface area contributed by atoms with Gasteiger partial charge in [0.1, 0.15) is 0 Å². The Balaban J connectivity index is 1.56. The first-order chi connectivity index (χ1) is 9.63. The van der Waals surface area contributed by atoms with Gasteiger partial charge in [0.2, 0.25) is 5.91 Å². The molecule has 114 valence electrons. The molecular formula is C16H29N3O. The molecule has 3 aliphatic rings. The van der Waals surface area contributed by atoms with Gasteiger partial charge in [-0.3, -0.25) is 4.79 Å². The van der Waals surface area contributed by atoms with E-state index in [4.69, 9.17) is 0 Å². The Morgan fingerprint density at radius 1 is 1.00 bits per heavy atom. The minimum absolute atomic E-state index is 0.435. The molecule has 3 heterocycles. The topological polar surface area (TPSA) is 26.8 Å². The smallest absolute Gasteiger partial charge is 0.223 e. The third-order valence-corrected chi connectivity index (χ3v) is 5.59. The van der Waals surface area contributed by atoms with Gasteiger partial charge in [0.15, 0.2) is 0 Å². The Kier molecular flexibility index (Phi) is 4.32. The Morgan fingerprint density at radius 2 is 1.75 bits per heavy atom. The molecule has 3 rings (SSSR count). The van der Waals surface area contributed by atoms with E-state index in [2.05, 4.69) is 28.8 Å². The summed E-state index contributed by atoms with van der Waals surface area (Å²) in [5.41, 5.74) is 0. The number of carbonyl (C=O) groups excluding carboxylic acids is 1. The summed E-state index contributed by atoms with van der Waals surface area (Å²) in [6, 6.07) is 0.507. The number of fused-ring (bicyclic) bond motifs is 1. The normalized spacial score (nSPS) is 33.4. The van der Waals surface area contributed by atoms with Crippen molar-refractivity contribution in [3.05, 3.63) is 0 Å². The minimum atomic E-state index is 0.435. The third kappa shape index (κ3) is 3.01. The number of carbonyl (C=O) groups is 1. The summed E-state index contributed by atoms with van der Waals surface area (Å²) in [7, 11) is 4.37. The van der Waals surface area contributed by atoms with Crippen molar-refractivity contribution < 1.29 is 4.79 Å². The van der Waals surface area contributed by atoms with Crippen LogP contribution in [0.25, 0.3) is 0 Å². The molecule has 0 aromatic heterocycles. The fraction of sp³-hybridized carbons (Fsp3) is 0.938. The Morgan fingerprint density at radius 3 is 2.50 bits per heavy atom. The van der Waals surface area contributed by atoms with Crippen LogP contribution in [0.5, 0.6) is 0 Å². The molecule has 0 aliphatic carbocycles. The van der Waals surface area contributed by atoms with Gasteiger partial charge >= 0.3 is 0 Å². The summed E-state index contributed by atoms with van der Waals surface area (Å²) >= 11 is 0. The van der Waals surface area contributed by atoms with E-state index in [1.54, 1.807) is 0 Å². The molecule has 3 saturated heterocycles. The molecule has 4 nitrogen and oxygen atoms in total. The van der Waals surface area contributed by atoms with Crippen molar-refractivity contribution in [2.45, 2.75) is 38.1 Å². The largest absolute Gasteiger partial charge is 0.338 e. The first-order valence-corrected chi connectivity index (χ1v) is 8.30. The first kappa shape index (κ1) is 14.3. The van der Waals surface area contributed by atoms with Gasteiger partial charge in [0.05, 0.1) is 0 Å². The van der Waals surface area contributed by atoms with Crippen molar-refractivity contribution in [3.63, 3.8) is 0 Å². The van der Waals surface area contributed by atoms with E-state index in [-0.39, 0.29) is 0 Å². The maximum atomic E-state index is 12.7. The van der Waals surface area contributed by atoms with Crippen molar-refractivity contribution >= 4 is 5.91 Å². The fourth-order valence-corrected chi connectivity index (χ4v) is 4.33. The standard InChI is InChI=1S/C16H29N3O/c1-17-8-5-13(6-9-17)10-16(20)19-7-3-4-14-11-18(2)12-15(14)19/h13-15H,3-12H2,1-2H3/t14-,15+/m0/s1. The number of nitrogens with zero attached hydrogens (tertiary/aromatic N) is 3. The van der Waals surface area contributed by atoms with Crippen molar-refractivity contribution in [3.8, 4) is 0 Å². The number of hydrogen-bond acceptors (Lipinski definition) is 3. The Labute approximate surface area is 123 Å². The summed E-state index contributed by atoms with van der Waals surface area (Å²) < 4.78 is 0. The van der Waals surface area contributed by atoms with Gasteiger partial charge in [-0.1, -0.05) is 0 Å². The molecule has 0 unspecified atom stereocenters. The van der Waals surface area contributed by atoms with Gasteiger partial charge in [-0.15, -0.1) is 0 Å². The quantitative estimate of drug-likeness (QED) is 0.762. The summed E-state index contributed by atoms with van der Waals surface area (Å²) in [5.74, 6) is 1.79. The van der Waals surface area contributed by atoms with Gasteiger partial charge < -0.3 is 14.7 Å². The van der Waals surface area contributed by atoms with Crippen LogP contribution in [0.4, 0.5) is 0 Å². The predicted molar refractivity (Wildman–Crippen MR) is 80.6 cm³/mol. The highest BCUT2D eigenvalue weighted by atomic mass is 16.2. The Hall–Kier alpha value is -0.610. The van der Waals surface area contributed by atoms with Crippen LogP contribution in [-0.4, -0.2) is 73.5 Å². The summed E-state index contributed by atoms with van der Waals surface area (Å²) in [4.78, 5) is 19.7.